The first-order valence-corrected chi connectivity index (χ1v) is 13.1. The molecule has 1 fully saturated rings. The van der Waals surface area contributed by atoms with Crippen LogP contribution >= 0.6 is 11.6 Å². The molecule has 0 unspecified atom stereocenters. The van der Waals surface area contributed by atoms with Crippen molar-refractivity contribution in [2.24, 2.45) is 0 Å². The number of phenols is 1. The zero-order chi connectivity index (χ0) is 24.6. The van der Waals surface area contributed by atoms with E-state index in [4.69, 9.17) is 11.6 Å². The minimum Gasteiger partial charge on any atom is -0.508 e. The van der Waals surface area contributed by atoms with Crippen LogP contribution in [0.3, 0.4) is 0 Å². The Kier molecular flexibility index (Phi) is 6.31. The van der Waals surface area contributed by atoms with Gasteiger partial charge in [-0.15, -0.1) is 0 Å². The van der Waals surface area contributed by atoms with Crippen LogP contribution in [-0.4, -0.2) is 50.0 Å². The van der Waals surface area contributed by atoms with Gasteiger partial charge in [0.15, 0.2) is 0 Å². The number of hydrogen-bond donors (Lipinski definition) is 2. The van der Waals surface area contributed by atoms with Gasteiger partial charge in [0.05, 0.1) is 23.8 Å². The van der Waals surface area contributed by atoms with E-state index in [0.717, 1.165) is 41.7 Å². The highest BCUT2D eigenvalue weighted by atomic mass is 35.5. The van der Waals surface area contributed by atoms with Crippen molar-refractivity contribution >= 4 is 39.0 Å². The van der Waals surface area contributed by atoms with Crippen LogP contribution < -0.4 is 15.1 Å². The number of phenolic OH excluding ortho intramolecular Hbond substituents is 1. The fourth-order valence-corrected chi connectivity index (χ4v) is 6.55. The summed E-state index contributed by atoms with van der Waals surface area (Å²) < 4.78 is 28.3. The molecule has 8 nitrogen and oxygen atoms in total. The van der Waals surface area contributed by atoms with E-state index >= 15 is 0 Å². The molecule has 1 saturated heterocycles. The topological polar surface area (TPSA) is 93.2 Å². The van der Waals surface area contributed by atoms with Crippen molar-refractivity contribution in [3.8, 4) is 5.75 Å². The lowest BCUT2D eigenvalue weighted by Gasteiger charge is -2.38. The van der Waals surface area contributed by atoms with Gasteiger partial charge in [-0.1, -0.05) is 54.1 Å². The van der Waals surface area contributed by atoms with Crippen LogP contribution in [0.15, 0.2) is 71.6 Å². The Bertz CT molecular complexity index is 1360. The fourth-order valence-electron chi connectivity index (χ4n) is 4.47. The van der Waals surface area contributed by atoms with Crippen LogP contribution in [0.25, 0.3) is 0 Å². The van der Waals surface area contributed by atoms with Crippen molar-refractivity contribution in [3.63, 3.8) is 0 Å². The highest BCUT2D eigenvalue weighted by Crippen LogP contribution is 2.43. The SMILES string of the molecule is O=C1N(Cc2ccccc2)c2cc(N3CCNCC3)cc(Cl)c2S(=O)(=O)N1Cc1cccc(O)c1. The predicted octanol–water partition coefficient (Wildman–Crippen LogP) is 3.79. The summed E-state index contributed by atoms with van der Waals surface area (Å²) in [4.78, 5) is 17.2. The average molecular weight is 513 g/mol. The number of aromatic hydroxyl groups is 1. The lowest BCUT2D eigenvalue weighted by molar-refractivity contribution is 0.226. The maximum atomic E-state index is 13.7. The van der Waals surface area contributed by atoms with Crippen molar-refractivity contribution in [1.82, 2.24) is 9.62 Å². The first kappa shape index (κ1) is 23.5. The van der Waals surface area contributed by atoms with Gasteiger partial charge in [-0.25, -0.2) is 17.5 Å². The molecular weight excluding hydrogens is 488 g/mol. The van der Waals surface area contributed by atoms with E-state index in [2.05, 4.69) is 10.2 Å². The Morgan fingerprint density at radius 1 is 0.914 bits per heavy atom. The second-order valence-corrected chi connectivity index (χ2v) is 10.8. The smallest absolute Gasteiger partial charge is 0.339 e. The molecule has 3 aromatic carbocycles. The molecule has 0 atom stereocenters. The molecule has 2 aliphatic heterocycles. The van der Waals surface area contributed by atoms with Gasteiger partial charge >= 0.3 is 6.03 Å². The summed E-state index contributed by atoms with van der Waals surface area (Å²) in [7, 11) is -4.25. The molecule has 5 rings (SSSR count). The number of amides is 2. The first-order valence-electron chi connectivity index (χ1n) is 11.3. The third-order valence-electron chi connectivity index (χ3n) is 6.19. The van der Waals surface area contributed by atoms with E-state index in [1.165, 1.54) is 17.0 Å². The number of halogens is 1. The molecule has 3 aromatic rings. The number of benzene rings is 3. The molecule has 0 radical (unpaired) electrons. The third kappa shape index (κ3) is 4.54. The Morgan fingerprint density at radius 3 is 2.34 bits per heavy atom. The molecule has 2 N–H and O–H groups in total. The molecule has 2 aliphatic rings. The predicted molar refractivity (Wildman–Crippen MR) is 135 cm³/mol. The standard InChI is InChI=1S/C25H25ClN4O4S/c26-22-14-20(28-11-9-27-10-12-28)15-23-24(22)35(33,34)30(17-19-7-4-8-21(31)13-19)25(32)29(23)16-18-5-2-1-3-6-18/h1-8,13-15,27,31H,9-12,16-17H2. The minimum atomic E-state index is -4.25. The average Bonchev–Trinajstić information content (AvgIpc) is 2.85. The summed E-state index contributed by atoms with van der Waals surface area (Å²) in [6.07, 6.45) is 0. The molecular formula is C25H25ClN4O4S. The maximum absolute atomic E-state index is 13.7. The van der Waals surface area contributed by atoms with E-state index in [1.807, 2.05) is 30.3 Å². The molecule has 35 heavy (non-hydrogen) atoms. The van der Waals surface area contributed by atoms with Crippen LogP contribution in [-0.2, 0) is 23.1 Å². The Morgan fingerprint density at radius 2 is 1.63 bits per heavy atom. The van der Waals surface area contributed by atoms with Gasteiger partial charge in [-0.2, -0.15) is 0 Å². The van der Waals surface area contributed by atoms with Crippen molar-refractivity contribution in [3.05, 3.63) is 82.9 Å². The maximum Gasteiger partial charge on any atom is 0.339 e. The van der Waals surface area contributed by atoms with Crippen LogP contribution in [0, 0.1) is 0 Å². The summed E-state index contributed by atoms with van der Waals surface area (Å²) in [6.45, 7) is 3.06. The number of rotatable bonds is 5. The number of urea groups is 1. The second-order valence-electron chi connectivity index (χ2n) is 8.55. The highest BCUT2D eigenvalue weighted by molar-refractivity contribution is 7.90. The summed E-state index contributed by atoms with van der Waals surface area (Å²) in [5.74, 6) is -0.00964. The molecule has 0 saturated carbocycles. The van der Waals surface area contributed by atoms with E-state index in [1.54, 1.807) is 24.3 Å². The molecule has 0 bridgehead atoms. The number of anilines is 2. The van der Waals surface area contributed by atoms with Gasteiger partial charge in [-0.05, 0) is 35.4 Å². The molecule has 182 valence electrons. The molecule has 10 heteroatoms. The Labute approximate surface area is 209 Å². The molecule has 2 heterocycles. The largest absolute Gasteiger partial charge is 0.508 e. The monoisotopic (exact) mass is 512 g/mol. The van der Waals surface area contributed by atoms with Crippen LogP contribution in [0.4, 0.5) is 16.2 Å². The van der Waals surface area contributed by atoms with Gasteiger partial charge in [0.25, 0.3) is 10.0 Å². The summed E-state index contributed by atoms with van der Waals surface area (Å²) >= 11 is 6.63. The van der Waals surface area contributed by atoms with Crippen LogP contribution in [0.5, 0.6) is 5.75 Å². The molecule has 0 aliphatic carbocycles. The third-order valence-corrected chi connectivity index (χ3v) is 8.41. The fraction of sp³-hybridized carbons (Fsp3) is 0.240. The number of nitrogens with zero attached hydrogens (tertiary/aromatic N) is 3. The normalized spacial score (nSPS) is 17.4. The van der Waals surface area contributed by atoms with Gasteiger partial charge in [0.1, 0.15) is 10.6 Å². The minimum absolute atomic E-state index is 0.00964. The second kappa shape index (κ2) is 9.41. The number of sulfonamides is 1. The van der Waals surface area contributed by atoms with Crippen molar-refractivity contribution in [2.75, 3.05) is 36.0 Å². The van der Waals surface area contributed by atoms with E-state index in [9.17, 15) is 18.3 Å². The zero-order valence-electron chi connectivity index (χ0n) is 18.9. The van der Waals surface area contributed by atoms with Crippen LogP contribution in [0.1, 0.15) is 11.1 Å². The Hall–Kier alpha value is -3.27. The van der Waals surface area contributed by atoms with Crippen molar-refractivity contribution < 1.29 is 18.3 Å². The van der Waals surface area contributed by atoms with E-state index in [0.29, 0.717) is 5.56 Å². The number of carbonyl (C=O) groups is 1. The lowest BCUT2D eigenvalue weighted by atomic mass is 10.1. The zero-order valence-corrected chi connectivity index (χ0v) is 20.5. The number of hydrogen-bond acceptors (Lipinski definition) is 6. The summed E-state index contributed by atoms with van der Waals surface area (Å²) in [5, 5.41) is 13.2. The first-order chi connectivity index (χ1) is 16.8. The van der Waals surface area contributed by atoms with Gasteiger partial charge in [-0.3, -0.25) is 4.90 Å². The number of nitrogens with one attached hydrogen (secondary N) is 1. The number of carbonyl (C=O) groups excluding carboxylic acids is 1. The van der Waals surface area contributed by atoms with E-state index in [-0.39, 0.29) is 34.4 Å². The lowest BCUT2D eigenvalue weighted by Crippen LogP contribution is -2.50. The highest BCUT2D eigenvalue weighted by Gasteiger charge is 2.43. The molecule has 0 spiro atoms. The summed E-state index contributed by atoms with van der Waals surface area (Å²) in [6, 6.07) is 18.3. The number of piperazine rings is 1. The summed E-state index contributed by atoms with van der Waals surface area (Å²) in [5.41, 5.74) is 2.38. The Balaban J connectivity index is 1.63. The van der Waals surface area contributed by atoms with Crippen molar-refractivity contribution in [2.45, 2.75) is 18.0 Å². The van der Waals surface area contributed by atoms with Crippen molar-refractivity contribution in [1.29, 1.82) is 0 Å². The quantitative estimate of drug-likeness (QED) is 0.540. The van der Waals surface area contributed by atoms with Crippen LogP contribution in [0.2, 0.25) is 5.02 Å². The number of fused-ring (bicyclic) bond motifs is 1. The van der Waals surface area contributed by atoms with Gasteiger partial charge in [0.2, 0.25) is 0 Å². The molecule has 2 amide bonds. The van der Waals surface area contributed by atoms with Gasteiger partial charge in [0, 0.05) is 31.9 Å². The van der Waals surface area contributed by atoms with Gasteiger partial charge < -0.3 is 15.3 Å². The molecule has 0 aromatic heterocycles. The van der Waals surface area contributed by atoms with E-state index < -0.39 is 16.1 Å².